The fourth-order valence-electron chi connectivity index (χ4n) is 2.84. The number of nitrogens with two attached hydrogens (primary N) is 1. The van der Waals surface area contributed by atoms with Gasteiger partial charge in [-0.3, -0.25) is 0 Å². The lowest BCUT2D eigenvalue weighted by Crippen LogP contribution is -2.46. The van der Waals surface area contributed by atoms with Gasteiger partial charge in [0.1, 0.15) is 0 Å². The second kappa shape index (κ2) is 6.96. The molecule has 2 rings (SSSR count). The first-order valence-corrected chi connectivity index (χ1v) is 8.26. The predicted molar refractivity (Wildman–Crippen MR) is 86.9 cm³/mol. The Labute approximate surface area is 129 Å². The molecule has 0 aliphatic heterocycles. The van der Waals surface area contributed by atoms with E-state index >= 15 is 0 Å². The molecule has 106 valence electrons. The molecule has 0 radical (unpaired) electrons. The van der Waals surface area contributed by atoms with Gasteiger partial charge in [0, 0.05) is 22.2 Å². The van der Waals surface area contributed by atoms with Gasteiger partial charge in [0.15, 0.2) is 0 Å². The van der Waals surface area contributed by atoms with E-state index in [-0.39, 0.29) is 5.54 Å². The van der Waals surface area contributed by atoms with E-state index in [9.17, 15) is 0 Å². The van der Waals surface area contributed by atoms with Crippen molar-refractivity contribution < 1.29 is 0 Å². The molecule has 1 fully saturated rings. The molecule has 0 aromatic heterocycles. The van der Waals surface area contributed by atoms with Gasteiger partial charge in [-0.25, -0.2) is 0 Å². The number of benzene rings is 1. The zero-order valence-electron chi connectivity index (χ0n) is 11.2. The van der Waals surface area contributed by atoms with Crippen LogP contribution in [-0.4, -0.2) is 12.1 Å². The summed E-state index contributed by atoms with van der Waals surface area (Å²) in [6.07, 6.45) is 8.86. The third-order valence-corrected chi connectivity index (χ3v) is 5.24. The van der Waals surface area contributed by atoms with Gasteiger partial charge in [0.2, 0.25) is 0 Å². The molecule has 0 heterocycles. The van der Waals surface area contributed by atoms with E-state index in [1.807, 2.05) is 18.2 Å². The van der Waals surface area contributed by atoms with Crippen LogP contribution in [0, 0.1) is 0 Å². The van der Waals surface area contributed by atoms with Gasteiger partial charge in [0.05, 0.1) is 5.02 Å². The molecule has 1 aromatic rings. The third kappa shape index (κ3) is 4.11. The molecule has 3 N–H and O–H groups in total. The molecule has 0 unspecified atom stereocenters. The number of hydrogen-bond donors (Lipinski definition) is 2. The summed E-state index contributed by atoms with van der Waals surface area (Å²) in [4.78, 5) is 0. The van der Waals surface area contributed by atoms with E-state index in [0.29, 0.717) is 6.54 Å². The van der Waals surface area contributed by atoms with Crippen molar-refractivity contribution in [3.63, 3.8) is 0 Å². The highest BCUT2D eigenvalue weighted by atomic mass is 79.9. The molecular formula is C15H22BrClN2. The third-order valence-electron chi connectivity index (χ3n) is 4.03. The molecule has 0 saturated heterocycles. The zero-order valence-corrected chi connectivity index (χ0v) is 13.6. The smallest absolute Gasteiger partial charge is 0.0549 e. The molecule has 1 aromatic carbocycles. The molecule has 0 bridgehead atoms. The number of hydrogen-bond acceptors (Lipinski definition) is 2. The second-order valence-corrected chi connectivity index (χ2v) is 6.77. The highest BCUT2D eigenvalue weighted by molar-refractivity contribution is 9.10. The van der Waals surface area contributed by atoms with Gasteiger partial charge >= 0.3 is 0 Å². The highest BCUT2D eigenvalue weighted by Gasteiger charge is 2.28. The fraction of sp³-hybridized carbons (Fsp3) is 0.600. The van der Waals surface area contributed by atoms with Crippen LogP contribution in [0.25, 0.3) is 0 Å². The van der Waals surface area contributed by atoms with Crippen molar-refractivity contribution >= 4 is 33.2 Å². The van der Waals surface area contributed by atoms with Gasteiger partial charge in [-0.05, 0) is 47.0 Å². The maximum absolute atomic E-state index is 6.07. The lowest BCUT2D eigenvalue weighted by Gasteiger charge is -2.36. The Kier molecular flexibility index (Phi) is 5.55. The minimum atomic E-state index is 0.0493. The van der Waals surface area contributed by atoms with Crippen molar-refractivity contribution in [3.05, 3.63) is 27.7 Å². The second-order valence-electron chi connectivity index (χ2n) is 5.51. The normalized spacial score (nSPS) is 19.5. The minimum absolute atomic E-state index is 0.0493. The quantitative estimate of drug-likeness (QED) is 0.813. The Morgan fingerprint density at radius 1 is 1.16 bits per heavy atom. The van der Waals surface area contributed by atoms with Crippen molar-refractivity contribution in [2.24, 2.45) is 5.73 Å². The number of rotatable bonds is 3. The molecule has 1 saturated carbocycles. The summed E-state index contributed by atoms with van der Waals surface area (Å²) in [5.74, 6) is 0. The van der Waals surface area contributed by atoms with Crippen molar-refractivity contribution in [2.45, 2.75) is 50.5 Å². The Hall–Kier alpha value is -0.250. The molecule has 0 amide bonds. The van der Waals surface area contributed by atoms with E-state index < -0.39 is 0 Å². The average molecular weight is 346 g/mol. The van der Waals surface area contributed by atoms with Crippen LogP contribution in [0.4, 0.5) is 5.69 Å². The molecule has 0 atom stereocenters. The van der Waals surface area contributed by atoms with Crippen LogP contribution in [0.3, 0.4) is 0 Å². The summed E-state index contributed by atoms with van der Waals surface area (Å²) < 4.78 is 0.928. The number of anilines is 1. The molecule has 4 heteroatoms. The van der Waals surface area contributed by atoms with Gasteiger partial charge < -0.3 is 11.1 Å². The van der Waals surface area contributed by atoms with Crippen LogP contribution in [0.1, 0.15) is 44.9 Å². The average Bonchev–Trinajstić information content (AvgIpc) is 2.37. The topological polar surface area (TPSA) is 38.0 Å². The zero-order chi connectivity index (χ0) is 13.7. The van der Waals surface area contributed by atoms with Crippen LogP contribution in [0.2, 0.25) is 5.02 Å². The predicted octanol–water partition coefficient (Wildman–Crippen LogP) is 4.96. The Bertz CT molecular complexity index is 415. The molecule has 2 nitrogen and oxygen atoms in total. The van der Waals surface area contributed by atoms with Crippen LogP contribution >= 0.6 is 27.5 Å². The Balaban J connectivity index is 2.13. The highest BCUT2D eigenvalue weighted by Crippen LogP contribution is 2.32. The first kappa shape index (κ1) is 15.1. The fourth-order valence-corrected chi connectivity index (χ4v) is 3.34. The van der Waals surface area contributed by atoms with Gasteiger partial charge in [-0.15, -0.1) is 0 Å². The van der Waals surface area contributed by atoms with Crippen LogP contribution in [0.15, 0.2) is 22.7 Å². The standard InChI is InChI=1S/C15H22BrClN2/c16-13-10-12(6-7-14(13)17)19-15(11-18)8-4-2-1-3-5-9-15/h6-7,10,19H,1-5,8-9,11,18H2. The summed E-state index contributed by atoms with van der Waals surface area (Å²) in [7, 11) is 0. The maximum Gasteiger partial charge on any atom is 0.0549 e. The summed E-state index contributed by atoms with van der Waals surface area (Å²) in [6.45, 7) is 0.688. The maximum atomic E-state index is 6.07. The summed E-state index contributed by atoms with van der Waals surface area (Å²) in [5.41, 5.74) is 7.22. The van der Waals surface area contributed by atoms with E-state index in [2.05, 4.69) is 21.2 Å². The molecular weight excluding hydrogens is 324 g/mol. The van der Waals surface area contributed by atoms with E-state index in [4.69, 9.17) is 17.3 Å². The number of nitrogens with one attached hydrogen (secondary N) is 1. The largest absolute Gasteiger partial charge is 0.378 e. The van der Waals surface area contributed by atoms with E-state index in [1.165, 1.54) is 32.1 Å². The lowest BCUT2D eigenvalue weighted by molar-refractivity contribution is 0.351. The Morgan fingerprint density at radius 3 is 2.37 bits per heavy atom. The molecule has 1 aliphatic rings. The molecule has 0 spiro atoms. The lowest BCUT2D eigenvalue weighted by atomic mass is 9.83. The first-order chi connectivity index (χ1) is 9.15. The SMILES string of the molecule is NCC1(Nc2ccc(Cl)c(Br)c2)CCCCCCC1. The minimum Gasteiger partial charge on any atom is -0.378 e. The van der Waals surface area contributed by atoms with Crippen molar-refractivity contribution in [2.75, 3.05) is 11.9 Å². The summed E-state index contributed by atoms with van der Waals surface area (Å²) in [5, 5.41) is 4.41. The van der Waals surface area contributed by atoms with Crippen LogP contribution in [-0.2, 0) is 0 Å². The summed E-state index contributed by atoms with van der Waals surface area (Å²) >= 11 is 9.52. The van der Waals surface area contributed by atoms with Gasteiger partial charge in [-0.2, -0.15) is 0 Å². The van der Waals surface area contributed by atoms with E-state index in [0.717, 1.165) is 28.0 Å². The van der Waals surface area contributed by atoms with Gasteiger partial charge in [0.25, 0.3) is 0 Å². The molecule has 19 heavy (non-hydrogen) atoms. The first-order valence-electron chi connectivity index (χ1n) is 7.08. The van der Waals surface area contributed by atoms with Crippen LogP contribution < -0.4 is 11.1 Å². The Morgan fingerprint density at radius 2 is 1.79 bits per heavy atom. The van der Waals surface area contributed by atoms with Gasteiger partial charge in [-0.1, -0.05) is 43.7 Å². The monoisotopic (exact) mass is 344 g/mol. The van der Waals surface area contributed by atoms with E-state index in [1.54, 1.807) is 0 Å². The summed E-state index contributed by atoms with van der Waals surface area (Å²) in [6, 6.07) is 5.99. The van der Waals surface area contributed by atoms with Crippen molar-refractivity contribution in [3.8, 4) is 0 Å². The number of halogens is 2. The van der Waals surface area contributed by atoms with Crippen molar-refractivity contribution in [1.82, 2.24) is 0 Å². The molecule has 1 aliphatic carbocycles. The van der Waals surface area contributed by atoms with Crippen LogP contribution in [0.5, 0.6) is 0 Å². The van der Waals surface area contributed by atoms with Crippen molar-refractivity contribution in [1.29, 1.82) is 0 Å².